The van der Waals surface area contributed by atoms with Crippen molar-refractivity contribution in [3.63, 3.8) is 0 Å². The standard InChI is InChI=1S/C16H16F2N2O/c17-12-6-11(7-13(18)9-12)16(20-19)10-2-1-3-15(8-10)21-14-4-5-14/h1-3,6-9,14,16,20H,4-5,19H2. The Hall–Kier alpha value is -1.98. The summed E-state index contributed by atoms with van der Waals surface area (Å²) >= 11 is 0. The van der Waals surface area contributed by atoms with Gasteiger partial charge in [0, 0.05) is 6.07 Å². The summed E-state index contributed by atoms with van der Waals surface area (Å²) in [6, 6.07) is 10.2. The molecule has 1 aliphatic rings. The highest BCUT2D eigenvalue weighted by Crippen LogP contribution is 2.30. The lowest BCUT2D eigenvalue weighted by Crippen LogP contribution is -2.29. The van der Waals surface area contributed by atoms with Crippen molar-refractivity contribution in [1.29, 1.82) is 0 Å². The topological polar surface area (TPSA) is 47.3 Å². The van der Waals surface area contributed by atoms with E-state index in [1.54, 1.807) is 0 Å². The van der Waals surface area contributed by atoms with Gasteiger partial charge in [-0.05, 0) is 48.2 Å². The van der Waals surface area contributed by atoms with Crippen molar-refractivity contribution < 1.29 is 13.5 Å². The first kappa shape index (κ1) is 14.0. The molecule has 0 aliphatic heterocycles. The number of ether oxygens (including phenoxy) is 1. The highest BCUT2D eigenvalue weighted by Gasteiger charge is 2.24. The maximum Gasteiger partial charge on any atom is 0.126 e. The molecule has 21 heavy (non-hydrogen) atoms. The van der Waals surface area contributed by atoms with Crippen LogP contribution in [0.4, 0.5) is 8.78 Å². The Kier molecular flexibility index (Phi) is 3.86. The first-order valence-electron chi connectivity index (χ1n) is 6.84. The summed E-state index contributed by atoms with van der Waals surface area (Å²) in [4.78, 5) is 0. The molecular formula is C16H16F2N2O. The summed E-state index contributed by atoms with van der Waals surface area (Å²) in [5.74, 6) is 5.05. The molecule has 0 radical (unpaired) electrons. The fraction of sp³-hybridized carbons (Fsp3) is 0.250. The molecule has 2 aromatic rings. The van der Waals surface area contributed by atoms with E-state index < -0.39 is 17.7 Å². The van der Waals surface area contributed by atoms with Crippen molar-refractivity contribution in [1.82, 2.24) is 5.43 Å². The van der Waals surface area contributed by atoms with Crippen LogP contribution in [0.15, 0.2) is 42.5 Å². The highest BCUT2D eigenvalue weighted by atomic mass is 19.1. The average Bonchev–Trinajstić information content (AvgIpc) is 3.23. The van der Waals surface area contributed by atoms with Crippen LogP contribution in [0.1, 0.15) is 30.0 Å². The van der Waals surface area contributed by atoms with E-state index in [4.69, 9.17) is 10.6 Å². The number of hydrogen-bond donors (Lipinski definition) is 2. The Labute approximate surface area is 121 Å². The lowest BCUT2D eigenvalue weighted by Gasteiger charge is -2.18. The van der Waals surface area contributed by atoms with E-state index in [0.29, 0.717) is 5.56 Å². The van der Waals surface area contributed by atoms with Gasteiger partial charge in [-0.2, -0.15) is 0 Å². The van der Waals surface area contributed by atoms with Crippen LogP contribution in [0.3, 0.4) is 0 Å². The smallest absolute Gasteiger partial charge is 0.126 e. The van der Waals surface area contributed by atoms with Crippen molar-refractivity contribution in [2.75, 3.05) is 0 Å². The molecule has 1 aliphatic carbocycles. The molecule has 0 aromatic heterocycles. The van der Waals surface area contributed by atoms with Crippen LogP contribution < -0.4 is 16.0 Å². The highest BCUT2D eigenvalue weighted by molar-refractivity contribution is 5.37. The van der Waals surface area contributed by atoms with Crippen LogP contribution in [-0.2, 0) is 0 Å². The molecule has 0 heterocycles. The van der Waals surface area contributed by atoms with Crippen molar-refractivity contribution in [2.45, 2.75) is 25.0 Å². The van der Waals surface area contributed by atoms with Crippen molar-refractivity contribution in [2.24, 2.45) is 5.84 Å². The summed E-state index contributed by atoms with van der Waals surface area (Å²) in [5, 5.41) is 0. The number of hydrazine groups is 1. The minimum Gasteiger partial charge on any atom is -0.490 e. The van der Waals surface area contributed by atoms with Gasteiger partial charge < -0.3 is 4.74 Å². The van der Waals surface area contributed by atoms with Crippen LogP contribution in [0.2, 0.25) is 0 Å². The van der Waals surface area contributed by atoms with Crippen LogP contribution in [0.25, 0.3) is 0 Å². The Bertz CT molecular complexity index is 624. The quantitative estimate of drug-likeness (QED) is 0.657. The monoisotopic (exact) mass is 290 g/mol. The zero-order valence-electron chi connectivity index (χ0n) is 11.4. The van der Waals surface area contributed by atoms with Gasteiger partial charge in [0.2, 0.25) is 0 Å². The van der Waals surface area contributed by atoms with Gasteiger partial charge in [0.25, 0.3) is 0 Å². The molecule has 1 saturated carbocycles. The first-order valence-corrected chi connectivity index (χ1v) is 6.84. The average molecular weight is 290 g/mol. The number of halogens is 2. The van der Waals surface area contributed by atoms with Gasteiger partial charge in [0.1, 0.15) is 17.4 Å². The number of nitrogens with two attached hydrogens (primary N) is 1. The van der Waals surface area contributed by atoms with E-state index in [0.717, 1.165) is 30.2 Å². The molecule has 3 N–H and O–H groups in total. The second-order valence-electron chi connectivity index (χ2n) is 5.19. The Balaban J connectivity index is 1.91. The molecule has 1 fully saturated rings. The van der Waals surface area contributed by atoms with E-state index in [-0.39, 0.29) is 6.10 Å². The number of rotatable bonds is 5. The van der Waals surface area contributed by atoms with Gasteiger partial charge in [-0.15, -0.1) is 0 Å². The van der Waals surface area contributed by atoms with Crippen LogP contribution >= 0.6 is 0 Å². The fourth-order valence-electron chi connectivity index (χ4n) is 2.27. The van der Waals surface area contributed by atoms with Crippen LogP contribution in [0.5, 0.6) is 5.75 Å². The molecule has 5 heteroatoms. The Morgan fingerprint density at radius 2 is 1.76 bits per heavy atom. The molecular weight excluding hydrogens is 274 g/mol. The van der Waals surface area contributed by atoms with Crippen molar-refractivity contribution in [3.05, 3.63) is 65.2 Å². The summed E-state index contributed by atoms with van der Waals surface area (Å²) in [5.41, 5.74) is 3.82. The molecule has 0 bridgehead atoms. The minimum atomic E-state index is -0.629. The zero-order valence-corrected chi connectivity index (χ0v) is 11.4. The Morgan fingerprint density at radius 3 is 2.38 bits per heavy atom. The van der Waals surface area contributed by atoms with E-state index in [1.807, 2.05) is 24.3 Å². The molecule has 0 spiro atoms. The second-order valence-corrected chi connectivity index (χ2v) is 5.19. The third kappa shape index (κ3) is 3.37. The van der Waals surface area contributed by atoms with E-state index >= 15 is 0 Å². The number of benzene rings is 2. The molecule has 0 saturated heterocycles. The van der Waals surface area contributed by atoms with Crippen LogP contribution in [0, 0.1) is 11.6 Å². The third-order valence-electron chi connectivity index (χ3n) is 3.40. The van der Waals surface area contributed by atoms with E-state index in [9.17, 15) is 8.78 Å². The third-order valence-corrected chi connectivity index (χ3v) is 3.40. The summed E-state index contributed by atoms with van der Waals surface area (Å²) < 4.78 is 32.5. The van der Waals surface area contributed by atoms with Gasteiger partial charge >= 0.3 is 0 Å². The van der Waals surface area contributed by atoms with Crippen LogP contribution in [-0.4, -0.2) is 6.10 Å². The number of nitrogens with one attached hydrogen (secondary N) is 1. The van der Waals surface area contributed by atoms with E-state index in [2.05, 4.69) is 5.43 Å². The van der Waals surface area contributed by atoms with Gasteiger partial charge in [0.15, 0.2) is 0 Å². The SMILES string of the molecule is NNC(c1cc(F)cc(F)c1)c1cccc(OC2CC2)c1. The first-order chi connectivity index (χ1) is 10.2. The zero-order chi connectivity index (χ0) is 14.8. The molecule has 2 aromatic carbocycles. The molecule has 0 amide bonds. The minimum absolute atomic E-state index is 0.288. The lowest BCUT2D eigenvalue weighted by atomic mass is 9.99. The van der Waals surface area contributed by atoms with Gasteiger partial charge in [-0.3, -0.25) is 5.84 Å². The summed E-state index contributed by atoms with van der Waals surface area (Å²) in [6.07, 6.45) is 2.42. The summed E-state index contributed by atoms with van der Waals surface area (Å²) in [6.45, 7) is 0. The Morgan fingerprint density at radius 1 is 1.05 bits per heavy atom. The lowest BCUT2D eigenvalue weighted by molar-refractivity contribution is 0.302. The predicted molar refractivity (Wildman–Crippen MR) is 75.6 cm³/mol. The maximum atomic E-state index is 13.4. The molecule has 110 valence electrons. The second kappa shape index (κ2) is 5.79. The maximum absolute atomic E-state index is 13.4. The van der Waals surface area contributed by atoms with Crippen molar-refractivity contribution in [3.8, 4) is 5.75 Å². The molecule has 1 atom stereocenters. The van der Waals surface area contributed by atoms with Gasteiger partial charge in [-0.25, -0.2) is 14.2 Å². The van der Waals surface area contributed by atoms with Gasteiger partial charge in [-0.1, -0.05) is 12.1 Å². The fourth-order valence-corrected chi connectivity index (χ4v) is 2.27. The number of hydrogen-bond acceptors (Lipinski definition) is 3. The predicted octanol–water partition coefficient (Wildman–Crippen LogP) is 3.06. The largest absolute Gasteiger partial charge is 0.490 e. The normalized spacial score (nSPS) is 15.8. The van der Waals surface area contributed by atoms with Gasteiger partial charge in [0.05, 0.1) is 12.1 Å². The molecule has 1 unspecified atom stereocenters. The van der Waals surface area contributed by atoms with Crippen molar-refractivity contribution >= 4 is 0 Å². The summed E-state index contributed by atoms with van der Waals surface area (Å²) in [7, 11) is 0. The molecule has 3 nitrogen and oxygen atoms in total. The van der Waals surface area contributed by atoms with E-state index in [1.165, 1.54) is 12.1 Å². The molecule has 3 rings (SSSR count).